The maximum absolute atomic E-state index is 12.2. The van der Waals surface area contributed by atoms with Crippen molar-refractivity contribution < 1.29 is 4.79 Å². The number of hydrogen-bond acceptors (Lipinski definition) is 5. The fourth-order valence-electron chi connectivity index (χ4n) is 1.99. The topological polar surface area (TPSA) is 72.7 Å². The summed E-state index contributed by atoms with van der Waals surface area (Å²) >= 11 is 1.39. The van der Waals surface area contributed by atoms with Gasteiger partial charge in [0.1, 0.15) is 0 Å². The van der Waals surface area contributed by atoms with E-state index in [2.05, 4.69) is 20.8 Å². The van der Waals surface area contributed by atoms with Gasteiger partial charge >= 0.3 is 0 Å². The van der Waals surface area contributed by atoms with Crippen LogP contribution >= 0.6 is 11.8 Å². The number of nitrogens with one attached hydrogen (secondary N) is 1. The van der Waals surface area contributed by atoms with Crippen molar-refractivity contribution in [3.63, 3.8) is 0 Å². The first-order chi connectivity index (χ1) is 10.1. The van der Waals surface area contributed by atoms with Gasteiger partial charge in [-0.15, -0.1) is 5.10 Å². The highest BCUT2D eigenvalue weighted by Gasteiger charge is 2.29. The smallest absolute Gasteiger partial charge is 0.237 e. The molecule has 1 aromatic heterocycles. The van der Waals surface area contributed by atoms with E-state index in [9.17, 15) is 4.79 Å². The lowest BCUT2D eigenvalue weighted by atomic mass is 10.2. The summed E-state index contributed by atoms with van der Waals surface area (Å²) in [5.41, 5.74) is 1.93. The van der Waals surface area contributed by atoms with Gasteiger partial charge in [-0.2, -0.15) is 0 Å². The lowest BCUT2D eigenvalue weighted by Gasteiger charge is -2.11. The fraction of sp³-hybridized carbons (Fsp3) is 0.429. The maximum Gasteiger partial charge on any atom is 0.237 e. The SMILES string of the molecule is Cc1cccc(NC(=O)C(C)Sc2nnnn2C2CC2)c1. The Morgan fingerprint density at radius 2 is 2.29 bits per heavy atom. The number of rotatable bonds is 5. The molecule has 0 bridgehead atoms. The Balaban J connectivity index is 1.63. The summed E-state index contributed by atoms with van der Waals surface area (Å²) in [5.74, 6) is -0.0454. The third kappa shape index (κ3) is 3.41. The number of amides is 1. The third-order valence-corrected chi connectivity index (χ3v) is 4.34. The predicted molar refractivity (Wildman–Crippen MR) is 81.2 cm³/mol. The molecule has 0 radical (unpaired) electrons. The first-order valence-electron chi connectivity index (χ1n) is 6.95. The quantitative estimate of drug-likeness (QED) is 0.859. The number of hydrogen-bond donors (Lipinski definition) is 1. The van der Waals surface area contributed by atoms with E-state index in [1.54, 1.807) is 0 Å². The van der Waals surface area contributed by atoms with Gasteiger partial charge in [-0.3, -0.25) is 4.79 Å². The number of tetrazole rings is 1. The maximum atomic E-state index is 12.2. The van der Waals surface area contributed by atoms with E-state index >= 15 is 0 Å². The molecule has 1 atom stereocenters. The Morgan fingerprint density at radius 1 is 1.48 bits per heavy atom. The molecular weight excluding hydrogens is 286 g/mol. The molecular formula is C14H17N5OS. The Morgan fingerprint density at radius 3 is 3.00 bits per heavy atom. The molecule has 1 N–H and O–H groups in total. The molecule has 0 saturated heterocycles. The molecule has 2 aromatic rings. The van der Waals surface area contributed by atoms with Gasteiger partial charge in [-0.05, 0) is 54.8 Å². The number of carbonyl (C=O) groups is 1. The van der Waals surface area contributed by atoms with E-state index in [-0.39, 0.29) is 11.2 Å². The zero-order valence-corrected chi connectivity index (χ0v) is 12.8. The van der Waals surface area contributed by atoms with Crippen LogP contribution in [-0.4, -0.2) is 31.4 Å². The van der Waals surface area contributed by atoms with Crippen LogP contribution in [0.15, 0.2) is 29.4 Å². The molecule has 1 amide bonds. The number of anilines is 1. The highest BCUT2D eigenvalue weighted by molar-refractivity contribution is 8.00. The molecule has 3 rings (SSSR count). The minimum atomic E-state index is -0.256. The van der Waals surface area contributed by atoms with E-state index in [4.69, 9.17) is 0 Å². The van der Waals surface area contributed by atoms with Crippen LogP contribution in [0, 0.1) is 6.92 Å². The van der Waals surface area contributed by atoms with Crippen LogP contribution in [0.5, 0.6) is 0 Å². The normalized spacial score (nSPS) is 15.7. The zero-order chi connectivity index (χ0) is 14.8. The first kappa shape index (κ1) is 14.1. The molecule has 1 aliphatic carbocycles. The molecule has 1 aliphatic rings. The van der Waals surface area contributed by atoms with Gasteiger partial charge in [-0.25, -0.2) is 4.68 Å². The monoisotopic (exact) mass is 303 g/mol. The van der Waals surface area contributed by atoms with E-state index in [1.807, 2.05) is 42.8 Å². The van der Waals surface area contributed by atoms with Crippen LogP contribution in [0.4, 0.5) is 5.69 Å². The van der Waals surface area contributed by atoms with Crippen LogP contribution in [-0.2, 0) is 4.79 Å². The van der Waals surface area contributed by atoms with Crippen molar-refractivity contribution in [2.24, 2.45) is 0 Å². The van der Waals surface area contributed by atoms with Gasteiger partial charge < -0.3 is 5.32 Å². The average Bonchev–Trinajstić information content (AvgIpc) is 3.19. The third-order valence-electron chi connectivity index (χ3n) is 3.29. The molecule has 0 spiro atoms. The molecule has 1 fully saturated rings. The largest absolute Gasteiger partial charge is 0.325 e. The van der Waals surface area contributed by atoms with Crippen molar-refractivity contribution >= 4 is 23.4 Å². The van der Waals surface area contributed by atoms with Gasteiger partial charge in [0.15, 0.2) is 0 Å². The van der Waals surface area contributed by atoms with Crippen molar-refractivity contribution in [2.45, 2.75) is 43.1 Å². The summed E-state index contributed by atoms with van der Waals surface area (Å²) in [6.45, 7) is 3.86. The Labute approximate surface area is 127 Å². The van der Waals surface area contributed by atoms with Gasteiger partial charge in [0, 0.05) is 5.69 Å². The predicted octanol–water partition coefficient (Wildman–Crippen LogP) is 2.44. The number of carbonyl (C=O) groups excluding carboxylic acids is 1. The minimum absolute atomic E-state index is 0.0454. The second kappa shape index (κ2) is 5.85. The van der Waals surface area contributed by atoms with Crippen LogP contribution in [0.25, 0.3) is 0 Å². The molecule has 1 unspecified atom stereocenters. The standard InChI is InChI=1S/C14H17N5OS/c1-9-4-3-5-11(8-9)15-13(20)10(2)21-14-16-17-18-19(14)12-6-7-12/h3-5,8,10,12H,6-7H2,1-2H3,(H,15,20). The summed E-state index contributed by atoms with van der Waals surface area (Å²) in [4.78, 5) is 12.2. The second-order valence-corrected chi connectivity index (χ2v) is 6.56. The lowest BCUT2D eigenvalue weighted by molar-refractivity contribution is -0.115. The highest BCUT2D eigenvalue weighted by atomic mass is 32.2. The molecule has 6 nitrogen and oxygen atoms in total. The number of aromatic nitrogens is 4. The van der Waals surface area contributed by atoms with E-state index in [0.29, 0.717) is 11.2 Å². The Kier molecular flexibility index (Phi) is 3.92. The summed E-state index contributed by atoms with van der Waals surface area (Å²) < 4.78 is 1.82. The van der Waals surface area contributed by atoms with Crippen LogP contribution in [0.3, 0.4) is 0 Å². The summed E-state index contributed by atoms with van der Waals surface area (Å²) in [7, 11) is 0. The Bertz CT molecular complexity index is 652. The van der Waals surface area contributed by atoms with Gasteiger partial charge in [0.05, 0.1) is 11.3 Å². The van der Waals surface area contributed by atoms with Gasteiger partial charge in [-0.1, -0.05) is 23.9 Å². The average molecular weight is 303 g/mol. The molecule has 7 heteroatoms. The minimum Gasteiger partial charge on any atom is -0.325 e. The highest BCUT2D eigenvalue weighted by Crippen LogP contribution is 2.37. The Hall–Kier alpha value is -1.89. The van der Waals surface area contributed by atoms with Crippen molar-refractivity contribution in [1.29, 1.82) is 0 Å². The molecule has 1 aromatic carbocycles. The number of nitrogens with zero attached hydrogens (tertiary/aromatic N) is 4. The number of thioether (sulfide) groups is 1. The van der Waals surface area contributed by atoms with Crippen molar-refractivity contribution in [3.8, 4) is 0 Å². The van der Waals surface area contributed by atoms with Crippen LogP contribution < -0.4 is 5.32 Å². The lowest BCUT2D eigenvalue weighted by Crippen LogP contribution is -2.23. The van der Waals surface area contributed by atoms with E-state index in [0.717, 1.165) is 24.1 Å². The van der Waals surface area contributed by atoms with Crippen LogP contribution in [0.2, 0.25) is 0 Å². The van der Waals surface area contributed by atoms with Crippen molar-refractivity contribution in [3.05, 3.63) is 29.8 Å². The van der Waals surface area contributed by atoms with Crippen molar-refractivity contribution in [2.75, 3.05) is 5.32 Å². The first-order valence-corrected chi connectivity index (χ1v) is 7.83. The van der Waals surface area contributed by atoms with E-state index in [1.165, 1.54) is 11.8 Å². The molecule has 1 saturated carbocycles. The summed E-state index contributed by atoms with van der Waals surface area (Å²) in [6.07, 6.45) is 2.23. The van der Waals surface area contributed by atoms with E-state index < -0.39 is 0 Å². The molecule has 21 heavy (non-hydrogen) atoms. The number of benzene rings is 1. The zero-order valence-electron chi connectivity index (χ0n) is 12.0. The second-order valence-electron chi connectivity index (χ2n) is 5.26. The fourth-order valence-corrected chi connectivity index (χ4v) is 2.85. The van der Waals surface area contributed by atoms with Crippen molar-refractivity contribution in [1.82, 2.24) is 20.2 Å². The molecule has 1 heterocycles. The van der Waals surface area contributed by atoms with Gasteiger partial charge in [0.2, 0.25) is 11.1 Å². The summed E-state index contributed by atoms with van der Waals surface area (Å²) in [5, 5.41) is 15.1. The summed E-state index contributed by atoms with van der Waals surface area (Å²) in [6, 6.07) is 8.17. The molecule has 110 valence electrons. The molecule has 0 aliphatic heterocycles. The van der Waals surface area contributed by atoms with Gasteiger partial charge in [0.25, 0.3) is 0 Å². The van der Waals surface area contributed by atoms with Crippen LogP contribution in [0.1, 0.15) is 31.4 Å². The number of aryl methyl sites for hydroxylation is 1.